The van der Waals surface area contributed by atoms with E-state index in [1.54, 1.807) is 6.07 Å². The van der Waals surface area contributed by atoms with Gasteiger partial charge in [-0.05, 0) is 36.5 Å². The molecular weight excluding hydrogens is 317 g/mol. The number of nitrogens with one attached hydrogen (secondary N) is 1. The quantitative estimate of drug-likeness (QED) is 0.788. The van der Waals surface area contributed by atoms with Gasteiger partial charge in [-0.15, -0.1) is 0 Å². The number of halogens is 1. The summed E-state index contributed by atoms with van der Waals surface area (Å²) in [5.41, 5.74) is 0.503. The molecule has 0 aromatic heterocycles. The molecule has 24 heavy (non-hydrogen) atoms. The van der Waals surface area contributed by atoms with Crippen molar-refractivity contribution in [3.8, 4) is 5.75 Å². The van der Waals surface area contributed by atoms with Crippen LogP contribution in [0.3, 0.4) is 0 Å². The maximum absolute atomic E-state index is 13.6. The van der Waals surface area contributed by atoms with E-state index in [2.05, 4.69) is 5.32 Å². The lowest BCUT2D eigenvalue weighted by molar-refractivity contribution is -0.144. The lowest BCUT2D eigenvalue weighted by Crippen LogP contribution is -2.39. The Morgan fingerprint density at radius 3 is 2.71 bits per heavy atom. The highest BCUT2D eigenvalue weighted by Crippen LogP contribution is 2.24. The first-order chi connectivity index (χ1) is 11.5. The molecular formula is C17H22FNO5. The van der Waals surface area contributed by atoms with Gasteiger partial charge in [0.25, 0.3) is 0 Å². The van der Waals surface area contributed by atoms with Crippen molar-refractivity contribution < 1.29 is 28.6 Å². The summed E-state index contributed by atoms with van der Waals surface area (Å²) in [6, 6.07) is 4.31. The average molecular weight is 339 g/mol. The number of methoxy groups -OCH3 is 1. The van der Waals surface area contributed by atoms with E-state index in [-0.39, 0.29) is 30.5 Å². The van der Waals surface area contributed by atoms with Gasteiger partial charge in [0.15, 0.2) is 11.6 Å². The first-order valence-electron chi connectivity index (χ1n) is 7.91. The predicted molar refractivity (Wildman–Crippen MR) is 84.3 cm³/mol. The van der Waals surface area contributed by atoms with Crippen LogP contribution in [0.5, 0.6) is 5.75 Å². The highest BCUT2D eigenvalue weighted by atomic mass is 19.1. The molecule has 1 aliphatic heterocycles. The van der Waals surface area contributed by atoms with E-state index >= 15 is 0 Å². The molecule has 2 rings (SSSR count). The number of amides is 1. The maximum atomic E-state index is 13.6. The molecule has 1 unspecified atom stereocenters. The van der Waals surface area contributed by atoms with Crippen molar-refractivity contribution in [3.63, 3.8) is 0 Å². The zero-order valence-electron chi connectivity index (χ0n) is 13.6. The fraction of sp³-hybridized carbons (Fsp3) is 0.529. The number of rotatable bonds is 7. The van der Waals surface area contributed by atoms with Crippen LogP contribution in [0.4, 0.5) is 4.39 Å². The lowest BCUT2D eigenvalue weighted by Gasteiger charge is -2.27. The Bertz CT molecular complexity index is 586. The van der Waals surface area contributed by atoms with Crippen molar-refractivity contribution in [2.75, 3.05) is 26.9 Å². The number of carbonyl (C=O) groups is 2. The highest BCUT2D eigenvalue weighted by Gasteiger charge is 2.29. The lowest BCUT2D eigenvalue weighted by atomic mass is 9.86. The van der Waals surface area contributed by atoms with Crippen LogP contribution in [-0.4, -0.2) is 43.9 Å². The van der Waals surface area contributed by atoms with Crippen LogP contribution >= 0.6 is 0 Å². The molecule has 0 saturated carbocycles. The topological polar surface area (TPSA) is 84.9 Å². The molecule has 2 N–H and O–H groups in total. The van der Waals surface area contributed by atoms with E-state index < -0.39 is 17.7 Å². The largest absolute Gasteiger partial charge is 0.494 e. The molecule has 1 atom stereocenters. The van der Waals surface area contributed by atoms with Crippen molar-refractivity contribution in [2.24, 2.45) is 11.8 Å². The Labute approximate surface area is 139 Å². The number of benzene rings is 1. The van der Waals surface area contributed by atoms with Gasteiger partial charge in [0.2, 0.25) is 5.91 Å². The van der Waals surface area contributed by atoms with Crippen LogP contribution < -0.4 is 10.1 Å². The Morgan fingerprint density at radius 2 is 2.12 bits per heavy atom. The average Bonchev–Trinajstić information content (AvgIpc) is 2.56. The summed E-state index contributed by atoms with van der Waals surface area (Å²) in [6.07, 6.45) is 1.34. The van der Waals surface area contributed by atoms with Gasteiger partial charge in [0.1, 0.15) is 0 Å². The second-order valence-corrected chi connectivity index (χ2v) is 5.84. The highest BCUT2D eigenvalue weighted by molar-refractivity contribution is 5.79. The Balaban J connectivity index is 1.88. The predicted octanol–water partition coefficient (Wildman–Crippen LogP) is 1.62. The van der Waals surface area contributed by atoms with Gasteiger partial charge in [-0.25, -0.2) is 4.39 Å². The second kappa shape index (κ2) is 8.63. The third-order valence-corrected chi connectivity index (χ3v) is 4.25. The number of hydrogen-bond acceptors (Lipinski definition) is 4. The van der Waals surface area contributed by atoms with Gasteiger partial charge >= 0.3 is 5.97 Å². The molecule has 132 valence electrons. The van der Waals surface area contributed by atoms with Crippen LogP contribution in [0.15, 0.2) is 18.2 Å². The van der Waals surface area contributed by atoms with Gasteiger partial charge in [-0.1, -0.05) is 6.07 Å². The molecule has 0 bridgehead atoms. The van der Waals surface area contributed by atoms with Gasteiger partial charge in [-0.2, -0.15) is 0 Å². The van der Waals surface area contributed by atoms with Crippen LogP contribution in [-0.2, 0) is 20.7 Å². The van der Waals surface area contributed by atoms with E-state index in [4.69, 9.17) is 9.47 Å². The number of carbonyl (C=O) groups excluding carboxylic acids is 1. The van der Waals surface area contributed by atoms with E-state index in [9.17, 15) is 19.1 Å². The monoisotopic (exact) mass is 339 g/mol. The number of aliphatic carboxylic acids is 1. The Morgan fingerprint density at radius 1 is 1.42 bits per heavy atom. The van der Waals surface area contributed by atoms with Crippen molar-refractivity contribution in [1.82, 2.24) is 5.32 Å². The minimum atomic E-state index is -0.919. The van der Waals surface area contributed by atoms with Gasteiger partial charge in [0.05, 0.1) is 19.4 Å². The van der Waals surface area contributed by atoms with Crippen LogP contribution in [0.1, 0.15) is 18.4 Å². The molecule has 0 aliphatic carbocycles. The minimum Gasteiger partial charge on any atom is -0.494 e. The summed E-state index contributed by atoms with van der Waals surface area (Å²) in [5, 5.41) is 12.0. The van der Waals surface area contributed by atoms with Gasteiger partial charge in [0, 0.05) is 19.8 Å². The normalized spacial score (nSPS) is 16.4. The Hall–Kier alpha value is -2.15. The molecule has 1 aromatic carbocycles. The summed E-state index contributed by atoms with van der Waals surface area (Å²) in [7, 11) is 1.37. The number of carboxylic acids is 1. The first kappa shape index (κ1) is 18.2. The fourth-order valence-electron chi connectivity index (χ4n) is 2.87. The molecule has 1 aromatic rings. The standard InChI is InChI=1S/C17H22FNO5/c1-23-15-3-2-11(8-14(15)18)9-16(20)19-10-13(17(21)22)12-4-6-24-7-5-12/h2-3,8,12-13H,4-7,9-10H2,1H3,(H,19,20)(H,21,22). The van der Waals surface area contributed by atoms with E-state index in [0.29, 0.717) is 31.6 Å². The van der Waals surface area contributed by atoms with Crippen LogP contribution in [0.2, 0.25) is 0 Å². The first-order valence-corrected chi connectivity index (χ1v) is 7.91. The summed E-state index contributed by atoms with van der Waals surface area (Å²) < 4.78 is 23.7. The second-order valence-electron chi connectivity index (χ2n) is 5.84. The van der Waals surface area contributed by atoms with Gasteiger partial charge < -0.3 is 19.9 Å². The third kappa shape index (κ3) is 4.92. The van der Waals surface area contributed by atoms with E-state index in [1.165, 1.54) is 19.2 Å². The zero-order valence-corrected chi connectivity index (χ0v) is 13.6. The van der Waals surface area contributed by atoms with Gasteiger partial charge in [-0.3, -0.25) is 9.59 Å². The molecule has 1 fully saturated rings. The van der Waals surface area contributed by atoms with Crippen LogP contribution in [0.25, 0.3) is 0 Å². The zero-order chi connectivity index (χ0) is 17.5. The number of carboxylic acid groups (broad SMARTS) is 1. The summed E-state index contributed by atoms with van der Waals surface area (Å²) >= 11 is 0. The number of ether oxygens (including phenoxy) is 2. The van der Waals surface area contributed by atoms with E-state index in [1.807, 2.05) is 0 Å². The minimum absolute atomic E-state index is 0.00465. The van der Waals surface area contributed by atoms with Crippen LogP contribution in [0, 0.1) is 17.7 Å². The number of hydrogen-bond donors (Lipinski definition) is 2. The van der Waals surface area contributed by atoms with Crippen molar-refractivity contribution in [3.05, 3.63) is 29.6 Å². The van der Waals surface area contributed by atoms with Crippen molar-refractivity contribution in [1.29, 1.82) is 0 Å². The molecule has 1 amide bonds. The summed E-state index contributed by atoms with van der Waals surface area (Å²) in [6.45, 7) is 1.17. The SMILES string of the molecule is COc1ccc(CC(=O)NCC(C(=O)O)C2CCOCC2)cc1F. The Kier molecular flexibility index (Phi) is 6.54. The molecule has 1 aliphatic rings. The fourth-order valence-corrected chi connectivity index (χ4v) is 2.87. The molecule has 1 saturated heterocycles. The molecule has 0 spiro atoms. The smallest absolute Gasteiger partial charge is 0.308 e. The van der Waals surface area contributed by atoms with Crippen molar-refractivity contribution >= 4 is 11.9 Å². The summed E-state index contributed by atoms with van der Waals surface area (Å²) in [4.78, 5) is 23.4. The maximum Gasteiger partial charge on any atom is 0.308 e. The molecule has 6 nitrogen and oxygen atoms in total. The van der Waals surface area contributed by atoms with Crippen molar-refractivity contribution in [2.45, 2.75) is 19.3 Å². The summed E-state index contributed by atoms with van der Waals surface area (Å²) in [5.74, 6) is -2.31. The molecule has 7 heteroatoms. The third-order valence-electron chi connectivity index (χ3n) is 4.25. The van der Waals surface area contributed by atoms with E-state index in [0.717, 1.165) is 0 Å². The molecule has 0 radical (unpaired) electrons. The molecule has 1 heterocycles.